The lowest BCUT2D eigenvalue weighted by Crippen LogP contribution is -2.14. The van der Waals surface area contributed by atoms with Crippen LogP contribution in [-0.4, -0.2) is 31.6 Å². The van der Waals surface area contributed by atoms with E-state index >= 15 is 0 Å². The summed E-state index contributed by atoms with van der Waals surface area (Å²) in [6, 6.07) is 11.9. The Balaban J connectivity index is 2.30. The number of benzene rings is 2. The van der Waals surface area contributed by atoms with Crippen molar-refractivity contribution in [3.8, 4) is 0 Å². The zero-order valence-electron chi connectivity index (χ0n) is 12.7. The molecule has 8 nitrogen and oxygen atoms in total. The molecule has 0 aliphatic carbocycles. The molecule has 0 bridgehead atoms. The lowest BCUT2D eigenvalue weighted by atomic mass is 10.2. The van der Waals surface area contributed by atoms with E-state index in [1.807, 2.05) is 0 Å². The molecule has 2 aromatic rings. The second-order valence-electron chi connectivity index (χ2n) is 4.91. The van der Waals surface area contributed by atoms with Crippen LogP contribution in [-0.2, 0) is 10.0 Å². The van der Waals surface area contributed by atoms with Crippen molar-refractivity contribution in [1.29, 1.82) is 0 Å². The van der Waals surface area contributed by atoms with Crippen molar-refractivity contribution >= 4 is 27.1 Å². The zero-order chi connectivity index (χ0) is 17.6. The summed E-state index contributed by atoms with van der Waals surface area (Å²) in [5.74, 6) is 0. The van der Waals surface area contributed by atoms with Gasteiger partial charge in [-0.2, -0.15) is 0 Å². The topological polar surface area (TPSA) is 122 Å². The second-order valence-corrected chi connectivity index (χ2v) is 6.59. The lowest BCUT2D eigenvalue weighted by Gasteiger charge is -2.10. The minimum absolute atomic E-state index is 0.0474. The molecule has 0 amide bonds. The number of nitro benzene ring substituents is 1. The van der Waals surface area contributed by atoms with E-state index < -0.39 is 14.9 Å². The second kappa shape index (κ2) is 7.75. The van der Waals surface area contributed by atoms with Gasteiger partial charge in [0.15, 0.2) is 0 Å². The summed E-state index contributed by atoms with van der Waals surface area (Å²) in [6.07, 6.45) is 0.423. The van der Waals surface area contributed by atoms with Crippen LogP contribution in [0.4, 0.5) is 17.1 Å². The van der Waals surface area contributed by atoms with E-state index in [0.29, 0.717) is 18.7 Å². The Morgan fingerprint density at radius 1 is 1.12 bits per heavy atom. The summed E-state index contributed by atoms with van der Waals surface area (Å²) in [5.41, 5.74) is 0.223. The largest absolute Gasteiger partial charge is 0.396 e. The Bertz CT molecular complexity index is 809. The molecule has 0 aliphatic heterocycles. The molecule has 3 N–H and O–H groups in total. The normalized spacial score (nSPS) is 11.0. The molecule has 0 atom stereocenters. The summed E-state index contributed by atoms with van der Waals surface area (Å²) in [7, 11) is -3.93. The minimum Gasteiger partial charge on any atom is -0.396 e. The van der Waals surface area contributed by atoms with Crippen LogP contribution in [0.3, 0.4) is 0 Å². The first kappa shape index (κ1) is 17.7. The van der Waals surface area contributed by atoms with Gasteiger partial charge in [0.05, 0.1) is 9.82 Å². The predicted molar refractivity (Wildman–Crippen MR) is 90.5 cm³/mol. The van der Waals surface area contributed by atoms with Crippen molar-refractivity contribution in [3.63, 3.8) is 0 Å². The van der Waals surface area contributed by atoms with Crippen LogP contribution >= 0.6 is 0 Å². The van der Waals surface area contributed by atoms with E-state index in [1.54, 1.807) is 30.3 Å². The number of para-hydroxylation sites is 1. The van der Waals surface area contributed by atoms with Gasteiger partial charge in [-0.25, -0.2) is 8.42 Å². The Morgan fingerprint density at radius 3 is 2.46 bits per heavy atom. The molecule has 128 valence electrons. The number of sulfonamides is 1. The number of anilines is 2. The number of aliphatic hydroxyl groups excluding tert-OH is 1. The highest BCUT2D eigenvalue weighted by molar-refractivity contribution is 7.92. The van der Waals surface area contributed by atoms with Crippen molar-refractivity contribution in [2.75, 3.05) is 23.2 Å². The molecule has 2 aromatic carbocycles. The van der Waals surface area contributed by atoms with E-state index in [4.69, 9.17) is 5.11 Å². The van der Waals surface area contributed by atoms with Crippen molar-refractivity contribution < 1.29 is 18.4 Å². The number of aliphatic hydroxyl groups is 1. The first-order valence-electron chi connectivity index (χ1n) is 7.15. The van der Waals surface area contributed by atoms with Gasteiger partial charge in [0.1, 0.15) is 5.69 Å². The van der Waals surface area contributed by atoms with Crippen molar-refractivity contribution in [3.05, 3.63) is 58.6 Å². The fourth-order valence-electron chi connectivity index (χ4n) is 2.00. The first-order chi connectivity index (χ1) is 11.4. The van der Waals surface area contributed by atoms with Crippen LogP contribution in [0, 0.1) is 10.1 Å². The highest BCUT2D eigenvalue weighted by Gasteiger charge is 2.21. The van der Waals surface area contributed by atoms with Gasteiger partial charge < -0.3 is 10.4 Å². The fraction of sp³-hybridized carbons (Fsp3) is 0.200. The number of rotatable bonds is 8. The average Bonchev–Trinajstić information content (AvgIpc) is 2.55. The van der Waals surface area contributed by atoms with E-state index in [9.17, 15) is 18.5 Å². The van der Waals surface area contributed by atoms with Gasteiger partial charge in [-0.1, -0.05) is 18.2 Å². The monoisotopic (exact) mass is 351 g/mol. The van der Waals surface area contributed by atoms with Gasteiger partial charge in [0.25, 0.3) is 15.7 Å². The highest BCUT2D eigenvalue weighted by atomic mass is 32.2. The third kappa shape index (κ3) is 4.43. The van der Waals surface area contributed by atoms with Crippen LogP contribution in [0.5, 0.6) is 0 Å². The maximum Gasteiger partial charge on any atom is 0.293 e. The third-order valence-corrected chi connectivity index (χ3v) is 4.53. The maximum atomic E-state index is 12.4. The van der Waals surface area contributed by atoms with E-state index in [0.717, 1.165) is 6.07 Å². The Hall–Kier alpha value is -2.65. The van der Waals surface area contributed by atoms with Gasteiger partial charge in [-0.3, -0.25) is 14.8 Å². The van der Waals surface area contributed by atoms with Gasteiger partial charge >= 0.3 is 0 Å². The van der Waals surface area contributed by atoms with Gasteiger partial charge in [-0.05, 0) is 30.7 Å². The average molecular weight is 351 g/mol. The van der Waals surface area contributed by atoms with Crippen LogP contribution in [0.15, 0.2) is 53.4 Å². The van der Waals surface area contributed by atoms with Crippen LogP contribution in [0.25, 0.3) is 0 Å². The molecule has 0 aromatic heterocycles. The smallest absolute Gasteiger partial charge is 0.293 e. The molecule has 24 heavy (non-hydrogen) atoms. The van der Waals surface area contributed by atoms with Crippen molar-refractivity contribution in [1.82, 2.24) is 0 Å². The van der Waals surface area contributed by atoms with Crippen LogP contribution in [0.2, 0.25) is 0 Å². The van der Waals surface area contributed by atoms with Crippen LogP contribution in [0.1, 0.15) is 6.42 Å². The molecule has 0 aliphatic rings. The number of nitrogens with one attached hydrogen (secondary N) is 2. The number of hydrogen-bond donors (Lipinski definition) is 3. The molecule has 0 heterocycles. The molecule has 9 heteroatoms. The van der Waals surface area contributed by atoms with Crippen molar-refractivity contribution in [2.24, 2.45) is 0 Å². The summed E-state index contributed by atoms with van der Waals surface area (Å²) < 4.78 is 27.1. The van der Waals surface area contributed by atoms with Gasteiger partial charge in [0, 0.05) is 24.9 Å². The highest BCUT2D eigenvalue weighted by Crippen LogP contribution is 2.28. The molecule has 0 radical (unpaired) electrons. The van der Waals surface area contributed by atoms with Crippen molar-refractivity contribution in [2.45, 2.75) is 11.3 Å². The van der Waals surface area contributed by atoms with Gasteiger partial charge in [-0.15, -0.1) is 0 Å². The Kier molecular flexibility index (Phi) is 5.72. The standard InChI is InChI=1S/C15H17N3O5S/c19-10-4-9-16-14-8-7-13(11-15(14)18(20)21)24(22,23)17-12-5-2-1-3-6-12/h1-3,5-8,11,16-17,19H,4,9-10H2. The maximum absolute atomic E-state index is 12.4. The Morgan fingerprint density at radius 2 is 1.83 bits per heavy atom. The molecule has 0 saturated carbocycles. The van der Waals surface area contributed by atoms with E-state index in [2.05, 4.69) is 10.0 Å². The SMILES string of the molecule is O=[N+]([O-])c1cc(S(=O)(=O)Nc2ccccc2)ccc1NCCCO. The molecule has 0 saturated heterocycles. The fourth-order valence-corrected chi connectivity index (χ4v) is 3.08. The van der Waals surface area contributed by atoms with E-state index in [-0.39, 0.29) is 22.9 Å². The number of nitrogens with zero attached hydrogens (tertiary/aromatic N) is 1. The quantitative estimate of drug-likeness (QED) is 0.381. The minimum atomic E-state index is -3.93. The summed E-state index contributed by atoms with van der Waals surface area (Å²) in [6.45, 7) is 0.292. The number of nitro groups is 1. The first-order valence-corrected chi connectivity index (χ1v) is 8.63. The molecule has 0 fully saturated rings. The summed E-state index contributed by atoms with van der Waals surface area (Å²) in [5, 5.41) is 22.8. The summed E-state index contributed by atoms with van der Waals surface area (Å²) >= 11 is 0. The Labute approximate surface area is 139 Å². The molecule has 0 spiro atoms. The number of hydrogen-bond acceptors (Lipinski definition) is 6. The van der Waals surface area contributed by atoms with Gasteiger partial charge in [0.2, 0.25) is 0 Å². The molecule has 0 unspecified atom stereocenters. The molecular formula is C15H17N3O5S. The third-order valence-electron chi connectivity index (χ3n) is 3.15. The zero-order valence-corrected chi connectivity index (χ0v) is 13.5. The predicted octanol–water partition coefficient (Wildman–Crippen LogP) is 2.19. The van der Waals surface area contributed by atoms with Crippen LogP contribution < -0.4 is 10.0 Å². The summed E-state index contributed by atoms with van der Waals surface area (Å²) in [4.78, 5) is 10.3. The lowest BCUT2D eigenvalue weighted by molar-refractivity contribution is -0.384. The van der Waals surface area contributed by atoms with E-state index in [1.165, 1.54) is 12.1 Å². The molecule has 2 rings (SSSR count). The molecular weight excluding hydrogens is 334 g/mol.